The third-order valence-electron chi connectivity index (χ3n) is 6.75. The fraction of sp³-hybridized carbons (Fsp3) is 0.500. The molecule has 0 amide bonds. The molecule has 2 saturated heterocycles. The van der Waals surface area contributed by atoms with E-state index in [0.29, 0.717) is 35.7 Å². The fourth-order valence-corrected chi connectivity index (χ4v) is 7.35. The zero-order chi connectivity index (χ0) is 22.9. The molecule has 4 atom stereocenters. The van der Waals surface area contributed by atoms with Gasteiger partial charge in [-0.25, -0.2) is 13.8 Å². The van der Waals surface area contributed by atoms with Gasteiger partial charge in [0.25, 0.3) is 0 Å². The molecule has 33 heavy (non-hydrogen) atoms. The SMILES string of the molecule is Cc1nc2sc(C(O)N[C@H]3COc4c(F)c(N5CC6CCC(C5)N6)cc(F)c4C3)c(N)c2s1. The third-order valence-corrected chi connectivity index (χ3v) is 9.03. The summed E-state index contributed by atoms with van der Waals surface area (Å²) in [5, 5.41) is 18.2. The standard InChI is InChI=1S/C22H25F2N5O2S2/c1-9-26-22-20(32-9)17(25)19(33-22)21(30)28-12-4-13-14(23)5-15(16(24)18(13)31-8-12)29-6-10-2-3-11(7-29)27-10/h5,10-12,21,27-28,30H,2-4,6-8,25H2,1H3/t10?,11?,12-,21?/m1/s1. The first-order valence-corrected chi connectivity index (χ1v) is 12.7. The Kier molecular flexibility index (Phi) is 5.22. The number of hydrogen-bond donors (Lipinski definition) is 4. The van der Waals surface area contributed by atoms with Crippen molar-refractivity contribution in [3.05, 3.63) is 33.1 Å². The number of aromatic nitrogens is 1. The zero-order valence-electron chi connectivity index (χ0n) is 18.0. The Bertz CT molecular complexity index is 1220. The molecule has 0 radical (unpaired) electrons. The summed E-state index contributed by atoms with van der Waals surface area (Å²) in [6, 6.07) is 1.53. The normalized spacial score (nSPS) is 25.3. The third kappa shape index (κ3) is 3.66. The van der Waals surface area contributed by atoms with Crippen LogP contribution in [-0.2, 0) is 6.42 Å². The lowest BCUT2D eigenvalue weighted by atomic mass is 10.00. The molecule has 0 aliphatic carbocycles. The summed E-state index contributed by atoms with van der Waals surface area (Å²) >= 11 is 2.82. The van der Waals surface area contributed by atoms with Crippen molar-refractivity contribution in [1.29, 1.82) is 0 Å². The van der Waals surface area contributed by atoms with Gasteiger partial charge in [-0.1, -0.05) is 0 Å². The molecule has 3 aromatic rings. The Labute approximate surface area is 197 Å². The van der Waals surface area contributed by atoms with E-state index in [1.807, 2.05) is 11.8 Å². The van der Waals surface area contributed by atoms with E-state index in [1.165, 1.54) is 28.7 Å². The Morgan fingerprint density at radius 1 is 1.30 bits per heavy atom. The van der Waals surface area contributed by atoms with E-state index >= 15 is 8.78 Å². The van der Waals surface area contributed by atoms with E-state index in [1.54, 1.807) is 0 Å². The van der Waals surface area contributed by atoms with Crippen molar-refractivity contribution >= 4 is 43.6 Å². The quantitative estimate of drug-likeness (QED) is 0.415. The minimum absolute atomic E-state index is 0.0146. The Morgan fingerprint density at radius 2 is 2.06 bits per heavy atom. The zero-order valence-corrected chi connectivity index (χ0v) is 19.7. The smallest absolute Gasteiger partial charge is 0.188 e. The van der Waals surface area contributed by atoms with Gasteiger partial charge in [-0.2, -0.15) is 0 Å². The van der Waals surface area contributed by atoms with E-state index in [2.05, 4.69) is 15.6 Å². The number of nitrogens with zero attached hydrogens (tertiary/aromatic N) is 2. The number of thiazole rings is 1. The maximum absolute atomic E-state index is 15.4. The second-order valence-electron chi connectivity index (χ2n) is 9.07. The van der Waals surface area contributed by atoms with Crippen LogP contribution in [0.25, 0.3) is 9.53 Å². The van der Waals surface area contributed by atoms with Gasteiger partial charge in [-0.15, -0.1) is 22.7 Å². The summed E-state index contributed by atoms with van der Waals surface area (Å²) < 4.78 is 37.0. The average Bonchev–Trinajstić information content (AvgIpc) is 3.43. The van der Waals surface area contributed by atoms with E-state index < -0.39 is 23.9 Å². The predicted molar refractivity (Wildman–Crippen MR) is 126 cm³/mol. The van der Waals surface area contributed by atoms with Gasteiger partial charge in [-0.3, -0.25) is 5.32 Å². The summed E-state index contributed by atoms with van der Waals surface area (Å²) in [5.74, 6) is -1.00. The average molecular weight is 494 g/mol. The van der Waals surface area contributed by atoms with Gasteiger partial charge < -0.3 is 25.8 Å². The molecule has 5 heterocycles. The second-order valence-corrected chi connectivity index (χ2v) is 11.3. The lowest BCUT2D eigenvalue weighted by Crippen LogP contribution is -2.51. The molecule has 7 nitrogen and oxygen atoms in total. The van der Waals surface area contributed by atoms with E-state index in [0.717, 1.165) is 27.4 Å². The van der Waals surface area contributed by atoms with Crippen LogP contribution < -0.4 is 26.0 Å². The number of rotatable bonds is 4. The molecule has 1 aromatic carbocycles. The van der Waals surface area contributed by atoms with Crippen molar-refractivity contribution in [2.75, 3.05) is 30.3 Å². The van der Waals surface area contributed by atoms with Gasteiger partial charge in [0.05, 0.1) is 26.0 Å². The van der Waals surface area contributed by atoms with Crippen LogP contribution in [0.1, 0.15) is 34.5 Å². The summed E-state index contributed by atoms with van der Waals surface area (Å²) in [7, 11) is 0. The molecule has 0 spiro atoms. The highest BCUT2D eigenvalue weighted by Gasteiger charge is 2.36. The van der Waals surface area contributed by atoms with Crippen LogP contribution in [-0.4, -0.2) is 47.9 Å². The van der Waals surface area contributed by atoms with Gasteiger partial charge in [0, 0.05) is 42.8 Å². The maximum Gasteiger partial charge on any atom is 0.188 e. The van der Waals surface area contributed by atoms with Crippen LogP contribution in [0, 0.1) is 18.6 Å². The number of fused-ring (bicyclic) bond motifs is 4. The highest BCUT2D eigenvalue weighted by molar-refractivity contribution is 7.28. The van der Waals surface area contributed by atoms with Crippen molar-refractivity contribution in [3.8, 4) is 5.75 Å². The van der Waals surface area contributed by atoms with Crippen LogP contribution >= 0.6 is 22.7 Å². The number of nitrogens with two attached hydrogens (primary N) is 1. The fourth-order valence-electron chi connectivity index (χ4n) is 5.21. The molecular formula is C22H25F2N5O2S2. The van der Waals surface area contributed by atoms with Crippen LogP contribution in [0.15, 0.2) is 6.07 Å². The summed E-state index contributed by atoms with van der Waals surface area (Å²) in [6.07, 6.45) is 1.28. The van der Waals surface area contributed by atoms with Crippen molar-refractivity contribution in [2.24, 2.45) is 0 Å². The van der Waals surface area contributed by atoms with Gasteiger partial charge in [0.2, 0.25) is 0 Å². The van der Waals surface area contributed by atoms with Crippen molar-refractivity contribution in [3.63, 3.8) is 0 Å². The molecule has 11 heteroatoms. The Morgan fingerprint density at radius 3 is 2.79 bits per heavy atom. The Hall–Kier alpha value is -2.05. The molecule has 6 rings (SSSR count). The van der Waals surface area contributed by atoms with E-state index in [-0.39, 0.29) is 30.0 Å². The molecule has 3 aliphatic heterocycles. The number of aliphatic hydroxyl groups excluding tert-OH is 1. The lowest BCUT2D eigenvalue weighted by molar-refractivity contribution is 0.104. The van der Waals surface area contributed by atoms with Gasteiger partial charge in [0.15, 0.2) is 11.6 Å². The van der Waals surface area contributed by atoms with Crippen LogP contribution in [0.5, 0.6) is 5.75 Å². The molecule has 2 bridgehead atoms. The first-order chi connectivity index (χ1) is 15.9. The van der Waals surface area contributed by atoms with Gasteiger partial charge >= 0.3 is 0 Å². The summed E-state index contributed by atoms with van der Waals surface area (Å²) in [5.41, 5.74) is 7.19. The molecule has 176 valence electrons. The maximum atomic E-state index is 15.4. The summed E-state index contributed by atoms with van der Waals surface area (Å²) in [6.45, 7) is 3.35. The Balaban J connectivity index is 1.21. The largest absolute Gasteiger partial charge is 0.488 e. The number of nitrogens with one attached hydrogen (secondary N) is 2. The number of piperazine rings is 1. The number of thiophene rings is 1. The van der Waals surface area contributed by atoms with Crippen LogP contribution in [0.4, 0.5) is 20.2 Å². The molecule has 5 N–H and O–H groups in total. The number of nitrogen functional groups attached to an aromatic ring is 1. The minimum atomic E-state index is -1.05. The number of aryl methyl sites for hydroxylation is 1. The highest BCUT2D eigenvalue weighted by Crippen LogP contribution is 2.41. The molecule has 2 aromatic heterocycles. The van der Waals surface area contributed by atoms with E-state index in [9.17, 15) is 5.11 Å². The second kappa shape index (κ2) is 8.02. The molecule has 3 unspecified atom stereocenters. The minimum Gasteiger partial charge on any atom is -0.488 e. The number of benzene rings is 1. The van der Waals surface area contributed by atoms with Crippen molar-refractivity contribution in [1.82, 2.24) is 15.6 Å². The first kappa shape index (κ1) is 21.5. The lowest BCUT2D eigenvalue weighted by Gasteiger charge is -2.36. The highest BCUT2D eigenvalue weighted by atomic mass is 32.1. The molecule has 3 aliphatic rings. The molecule has 0 saturated carbocycles. The van der Waals surface area contributed by atoms with Gasteiger partial charge in [-0.05, 0) is 26.2 Å². The summed E-state index contributed by atoms with van der Waals surface area (Å²) in [4.78, 5) is 7.72. The number of ether oxygens (including phenoxy) is 1. The van der Waals surface area contributed by atoms with E-state index in [4.69, 9.17) is 10.5 Å². The topological polar surface area (TPSA) is 95.7 Å². The number of halogens is 2. The van der Waals surface area contributed by atoms with Crippen LogP contribution in [0.2, 0.25) is 0 Å². The first-order valence-electron chi connectivity index (χ1n) is 11.1. The molecular weight excluding hydrogens is 468 g/mol. The number of hydrogen-bond acceptors (Lipinski definition) is 9. The van der Waals surface area contributed by atoms with Crippen LogP contribution in [0.3, 0.4) is 0 Å². The monoisotopic (exact) mass is 493 g/mol. The number of anilines is 2. The van der Waals surface area contributed by atoms with Crippen molar-refractivity contribution in [2.45, 2.75) is 50.5 Å². The van der Waals surface area contributed by atoms with Crippen molar-refractivity contribution < 1.29 is 18.6 Å². The molecule has 2 fully saturated rings. The number of aliphatic hydroxyl groups is 1. The predicted octanol–water partition coefficient (Wildman–Crippen LogP) is 3.05. The van der Waals surface area contributed by atoms with Gasteiger partial charge in [0.1, 0.15) is 23.5 Å².